The van der Waals surface area contributed by atoms with E-state index < -0.39 is 0 Å². The highest BCUT2D eigenvalue weighted by Crippen LogP contribution is 2.60. The van der Waals surface area contributed by atoms with Crippen LogP contribution < -0.4 is 0 Å². The average molecular weight is 343 g/mol. The summed E-state index contributed by atoms with van der Waals surface area (Å²) in [6, 6.07) is 7.91. The summed E-state index contributed by atoms with van der Waals surface area (Å²) in [5.74, 6) is 1.45. The van der Waals surface area contributed by atoms with Gasteiger partial charge >= 0.3 is 0 Å². The molecule has 128 valence electrons. The van der Waals surface area contributed by atoms with Crippen molar-refractivity contribution in [2.24, 2.45) is 17.3 Å². The molecule has 3 rings (SSSR count). The van der Waals surface area contributed by atoms with E-state index in [2.05, 4.69) is 45.2 Å². The van der Waals surface area contributed by atoms with Crippen molar-refractivity contribution in [1.82, 2.24) is 4.90 Å². The molecule has 2 aromatic heterocycles. The molecule has 0 saturated heterocycles. The minimum Gasteiger partial charge on any atom is -0.467 e. The highest BCUT2D eigenvalue weighted by atomic mass is 32.1. The number of hydrogen-bond donors (Lipinski definition) is 0. The van der Waals surface area contributed by atoms with E-state index in [0.29, 0.717) is 19.0 Å². The van der Waals surface area contributed by atoms with E-state index in [4.69, 9.17) is 4.42 Å². The Bertz CT molecular complexity index is 673. The molecule has 0 aromatic carbocycles. The van der Waals surface area contributed by atoms with E-state index in [9.17, 15) is 4.79 Å². The van der Waals surface area contributed by atoms with E-state index in [1.54, 1.807) is 17.6 Å². The molecule has 2 atom stereocenters. The molecule has 1 aliphatic carbocycles. The number of allylic oxidation sites excluding steroid dienone is 2. The standard InChI is InChI=1S/C20H25NO2S/c1-14(2)11-17-18(20(17,3)4)19(22)21(12-15-7-5-9-23-15)13-16-8-6-10-24-16/h5-11,17-18H,12-13H2,1-4H3. The lowest BCUT2D eigenvalue weighted by Gasteiger charge is -2.22. The lowest BCUT2D eigenvalue weighted by molar-refractivity contribution is -0.135. The molecule has 2 heterocycles. The molecule has 0 aliphatic heterocycles. The highest BCUT2D eigenvalue weighted by molar-refractivity contribution is 7.09. The molecule has 3 nitrogen and oxygen atoms in total. The number of nitrogens with zero attached hydrogens (tertiary/aromatic N) is 1. The van der Waals surface area contributed by atoms with Crippen LogP contribution >= 0.6 is 11.3 Å². The molecular formula is C20H25NO2S. The second-order valence-corrected chi connectivity index (χ2v) is 8.45. The van der Waals surface area contributed by atoms with Gasteiger partial charge < -0.3 is 9.32 Å². The monoisotopic (exact) mass is 343 g/mol. The Kier molecular flexibility index (Phi) is 4.68. The van der Waals surface area contributed by atoms with Crippen LogP contribution in [0.4, 0.5) is 0 Å². The molecular weight excluding hydrogens is 318 g/mol. The number of rotatable bonds is 6. The number of hydrogen-bond acceptors (Lipinski definition) is 3. The van der Waals surface area contributed by atoms with Gasteiger partial charge in [0.05, 0.1) is 25.3 Å². The van der Waals surface area contributed by atoms with Crippen LogP contribution in [0.15, 0.2) is 52.0 Å². The lowest BCUT2D eigenvalue weighted by atomic mass is 10.1. The van der Waals surface area contributed by atoms with Crippen LogP contribution in [0, 0.1) is 17.3 Å². The van der Waals surface area contributed by atoms with Gasteiger partial charge in [0.1, 0.15) is 5.76 Å². The molecule has 2 unspecified atom stereocenters. The molecule has 24 heavy (non-hydrogen) atoms. The number of carbonyl (C=O) groups excluding carboxylic acids is 1. The minimum absolute atomic E-state index is 0.0330. The zero-order valence-corrected chi connectivity index (χ0v) is 15.6. The van der Waals surface area contributed by atoms with E-state index in [1.807, 2.05) is 23.1 Å². The van der Waals surface area contributed by atoms with Crippen molar-refractivity contribution >= 4 is 17.2 Å². The lowest BCUT2D eigenvalue weighted by Crippen LogP contribution is -2.32. The SMILES string of the molecule is CC(C)=CC1C(C(=O)N(Cc2ccco2)Cc2cccs2)C1(C)C. The maximum Gasteiger partial charge on any atom is 0.227 e. The molecule has 1 saturated carbocycles. The molecule has 1 amide bonds. The summed E-state index contributed by atoms with van der Waals surface area (Å²) in [4.78, 5) is 16.4. The van der Waals surface area contributed by atoms with E-state index in [-0.39, 0.29) is 17.2 Å². The van der Waals surface area contributed by atoms with Gasteiger partial charge in [-0.05, 0) is 48.8 Å². The topological polar surface area (TPSA) is 33.5 Å². The van der Waals surface area contributed by atoms with Crippen molar-refractivity contribution in [1.29, 1.82) is 0 Å². The van der Waals surface area contributed by atoms with Gasteiger partial charge in [0, 0.05) is 4.88 Å². The first-order chi connectivity index (χ1) is 11.4. The summed E-state index contributed by atoms with van der Waals surface area (Å²) in [7, 11) is 0. The molecule has 0 spiro atoms. The Labute approximate surface area is 148 Å². The van der Waals surface area contributed by atoms with Crippen molar-refractivity contribution < 1.29 is 9.21 Å². The first-order valence-electron chi connectivity index (χ1n) is 8.38. The van der Waals surface area contributed by atoms with Gasteiger partial charge in [-0.25, -0.2) is 0 Å². The Morgan fingerprint density at radius 3 is 2.67 bits per heavy atom. The quantitative estimate of drug-likeness (QED) is 0.683. The third-order valence-corrected chi connectivity index (χ3v) is 5.72. The summed E-state index contributed by atoms with van der Waals surface area (Å²) < 4.78 is 5.47. The first-order valence-corrected chi connectivity index (χ1v) is 9.26. The third-order valence-electron chi connectivity index (χ3n) is 4.85. The predicted octanol–water partition coefficient (Wildman–Crippen LogP) is 5.11. The summed E-state index contributed by atoms with van der Waals surface area (Å²) in [6.07, 6.45) is 3.91. The van der Waals surface area contributed by atoms with E-state index in [0.717, 1.165) is 5.76 Å². The number of carbonyl (C=O) groups is 1. The zero-order chi connectivity index (χ0) is 17.3. The van der Waals surface area contributed by atoms with Crippen molar-refractivity contribution in [3.05, 3.63) is 58.2 Å². The smallest absolute Gasteiger partial charge is 0.227 e. The molecule has 0 N–H and O–H groups in total. The largest absolute Gasteiger partial charge is 0.467 e. The van der Waals surface area contributed by atoms with Crippen LogP contribution in [0.5, 0.6) is 0 Å². The molecule has 0 radical (unpaired) electrons. The van der Waals surface area contributed by atoms with Crippen LogP contribution in [0.1, 0.15) is 38.3 Å². The van der Waals surface area contributed by atoms with Gasteiger partial charge in [-0.2, -0.15) is 0 Å². The first kappa shape index (κ1) is 17.0. The number of furan rings is 1. The number of amides is 1. The molecule has 2 aromatic rings. The zero-order valence-electron chi connectivity index (χ0n) is 14.8. The normalized spacial score (nSPS) is 21.3. The van der Waals surface area contributed by atoms with E-state index in [1.165, 1.54) is 10.5 Å². The fourth-order valence-corrected chi connectivity index (χ4v) is 4.13. The molecule has 0 bridgehead atoms. The Morgan fingerprint density at radius 1 is 1.29 bits per heavy atom. The molecule has 4 heteroatoms. The van der Waals surface area contributed by atoms with Gasteiger partial charge in [-0.1, -0.05) is 31.6 Å². The minimum atomic E-state index is 0.0330. The molecule has 1 aliphatic rings. The second kappa shape index (κ2) is 6.60. The average Bonchev–Trinajstić information content (AvgIpc) is 3.01. The Morgan fingerprint density at radius 2 is 2.08 bits per heavy atom. The van der Waals surface area contributed by atoms with Crippen molar-refractivity contribution in [2.45, 2.75) is 40.8 Å². The summed E-state index contributed by atoms with van der Waals surface area (Å²) in [5, 5.41) is 2.05. The highest BCUT2D eigenvalue weighted by Gasteiger charge is 2.61. The maximum atomic E-state index is 13.2. The van der Waals surface area contributed by atoms with Crippen molar-refractivity contribution in [3.63, 3.8) is 0 Å². The fourth-order valence-electron chi connectivity index (χ4n) is 3.41. The van der Waals surface area contributed by atoms with Gasteiger partial charge in [0.15, 0.2) is 0 Å². The summed E-state index contributed by atoms with van der Waals surface area (Å²) in [5.41, 5.74) is 1.31. The third kappa shape index (κ3) is 3.48. The Hall–Kier alpha value is -1.81. The maximum absolute atomic E-state index is 13.2. The second-order valence-electron chi connectivity index (χ2n) is 7.42. The summed E-state index contributed by atoms with van der Waals surface area (Å²) >= 11 is 1.69. The van der Waals surface area contributed by atoms with Crippen molar-refractivity contribution in [3.8, 4) is 0 Å². The van der Waals surface area contributed by atoms with Crippen molar-refractivity contribution in [2.75, 3.05) is 0 Å². The van der Waals surface area contributed by atoms with Gasteiger partial charge in [-0.15, -0.1) is 11.3 Å². The van der Waals surface area contributed by atoms with Crippen LogP contribution in [-0.2, 0) is 17.9 Å². The van der Waals surface area contributed by atoms with Crippen LogP contribution in [0.3, 0.4) is 0 Å². The number of thiophene rings is 1. The molecule has 1 fully saturated rings. The van der Waals surface area contributed by atoms with Gasteiger partial charge in [-0.3, -0.25) is 4.79 Å². The Balaban J connectivity index is 1.79. The van der Waals surface area contributed by atoms with Crippen LogP contribution in [0.2, 0.25) is 0 Å². The fraction of sp³-hybridized carbons (Fsp3) is 0.450. The summed E-state index contributed by atoms with van der Waals surface area (Å²) in [6.45, 7) is 9.75. The van der Waals surface area contributed by atoms with Crippen LogP contribution in [0.25, 0.3) is 0 Å². The van der Waals surface area contributed by atoms with Gasteiger partial charge in [0.25, 0.3) is 0 Å². The van der Waals surface area contributed by atoms with E-state index >= 15 is 0 Å². The van der Waals surface area contributed by atoms with Crippen LogP contribution in [-0.4, -0.2) is 10.8 Å². The van der Waals surface area contributed by atoms with Gasteiger partial charge in [0.2, 0.25) is 5.91 Å². The predicted molar refractivity (Wildman–Crippen MR) is 97.5 cm³/mol.